The molecule has 0 atom stereocenters. The monoisotopic (exact) mass is 279 g/mol. The number of carbonyl (C=O) groups is 1. The van der Waals surface area contributed by atoms with Crippen molar-refractivity contribution in [1.29, 1.82) is 0 Å². The molecule has 0 spiro atoms. The zero-order chi connectivity index (χ0) is 15.0. The highest BCUT2D eigenvalue weighted by Gasteiger charge is 2.14. The van der Waals surface area contributed by atoms with Gasteiger partial charge in [0, 0.05) is 38.9 Å². The van der Waals surface area contributed by atoms with E-state index in [9.17, 15) is 4.79 Å². The third-order valence-corrected chi connectivity index (χ3v) is 3.22. The number of pyridine rings is 1. The van der Waals surface area contributed by atoms with Crippen molar-refractivity contribution in [2.75, 3.05) is 40.3 Å². The van der Waals surface area contributed by atoms with Gasteiger partial charge in [-0.2, -0.15) is 0 Å². The maximum Gasteiger partial charge on any atom is 0.356 e. The van der Waals surface area contributed by atoms with Gasteiger partial charge in [0.15, 0.2) is 0 Å². The summed E-state index contributed by atoms with van der Waals surface area (Å²) < 4.78 is 4.62. The Morgan fingerprint density at radius 2 is 1.90 bits per heavy atom. The summed E-state index contributed by atoms with van der Waals surface area (Å²) in [6.45, 7) is 9.26. The van der Waals surface area contributed by atoms with E-state index in [1.54, 1.807) is 12.3 Å². The third-order valence-electron chi connectivity index (χ3n) is 3.22. The number of ether oxygens (including phenoxy) is 1. The molecule has 2 heterocycles. The van der Waals surface area contributed by atoms with Crippen molar-refractivity contribution in [2.24, 2.45) is 0 Å². The Morgan fingerprint density at radius 3 is 2.40 bits per heavy atom. The summed E-state index contributed by atoms with van der Waals surface area (Å²) in [5, 5.41) is 0. The molecular weight excluding hydrogens is 254 g/mol. The van der Waals surface area contributed by atoms with E-state index < -0.39 is 0 Å². The SMILES string of the molecule is CC.COC(=O)c1ccc(CN2CCN(C)CC2)cn1. The van der Waals surface area contributed by atoms with Gasteiger partial charge in [-0.15, -0.1) is 0 Å². The lowest BCUT2D eigenvalue weighted by atomic mass is 10.2. The van der Waals surface area contributed by atoms with Gasteiger partial charge in [0.2, 0.25) is 0 Å². The second-order valence-corrected chi connectivity index (χ2v) is 4.62. The molecule has 112 valence electrons. The fourth-order valence-corrected chi connectivity index (χ4v) is 2.01. The van der Waals surface area contributed by atoms with Crippen molar-refractivity contribution in [3.63, 3.8) is 0 Å². The lowest BCUT2D eigenvalue weighted by molar-refractivity contribution is 0.0594. The van der Waals surface area contributed by atoms with Crippen LogP contribution in [0.4, 0.5) is 0 Å². The summed E-state index contributed by atoms with van der Waals surface area (Å²) >= 11 is 0. The lowest BCUT2D eigenvalue weighted by Crippen LogP contribution is -2.43. The molecule has 0 unspecified atom stereocenters. The first-order chi connectivity index (χ1) is 9.69. The third kappa shape index (κ3) is 4.90. The van der Waals surface area contributed by atoms with Gasteiger partial charge in [0.1, 0.15) is 5.69 Å². The number of nitrogens with zero attached hydrogens (tertiary/aromatic N) is 3. The fraction of sp³-hybridized carbons (Fsp3) is 0.600. The second kappa shape index (κ2) is 8.66. The fourth-order valence-electron chi connectivity index (χ4n) is 2.01. The first-order valence-electron chi connectivity index (χ1n) is 7.13. The summed E-state index contributed by atoms with van der Waals surface area (Å²) in [5.41, 5.74) is 1.49. The van der Waals surface area contributed by atoms with Gasteiger partial charge in [-0.05, 0) is 18.7 Å². The first kappa shape index (κ1) is 16.6. The average molecular weight is 279 g/mol. The van der Waals surface area contributed by atoms with E-state index in [1.165, 1.54) is 7.11 Å². The van der Waals surface area contributed by atoms with E-state index in [-0.39, 0.29) is 5.97 Å². The molecule has 0 radical (unpaired) electrons. The Kier molecular flexibility index (Phi) is 7.18. The van der Waals surface area contributed by atoms with E-state index in [0.29, 0.717) is 5.69 Å². The van der Waals surface area contributed by atoms with Crippen LogP contribution in [-0.2, 0) is 11.3 Å². The van der Waals surface area contributed by atoms with Crippen LogP contribution < -0.4 is 0 Å². The molecule has 2 rings (SSSR count). The number of hydrogen-bond donors (Lipinski definition) is 0. The molecule has 0 aliphatic carbocycles. The van der Waals surface area contributed by atoms with Gasteiger partial charge in [0.25, 0.3) is 0 Å². The van der Waals surface area contributed by atoms with Gasteiger partial charge in [-0.25, -0.2) is 9.78 Å². The largest absolute Gasteiger partial charge is 0.464 e. The minimum atomic E-state index is -0.388. The van der Waals surface area contributed by atoms with Crippen molar-refractivity contribution in [3.05, 3.63) is 29.6 Å². The van der Waals surface area contributed by atoms with Gasteiger partial charge < -0.3 is 9.64 Å². The molecule has 1 aromatic rings. The first-order valence-corrected chi connectivity index (χ1v) is 7.13. The summed E-state index contributed by atoms with van der Waals surface area (Å²) in [5.74, 6) is -0.388. The van der Waals surface area contributed by atoms with Crippen molar-refractivity contribution in [3.8, 4) is 0 Å². The van der Waals surface area contributed by atoms with Gasteiger partial charge in [-0.3, -0.25) is 4.90 Å². The van der Waals surface area contributed by atoms with Crippen molar-refractivity contribution >= 4 is 5.97 Å². The van der Waals surface area contributed by atoms with Crippen molar-refractivity contribution in [1.82, 2.24) is 14.8 Å². The van der Waals surface area contributed by atoms with Gasteiger partial charge >= 0.3 is 5.97 Å². The minimum absolute atomic E-state index is 0.361. The number of hydrogen-bond acceptors (Lipinski definition) is 5. The summed E-state index contributed by atoms with van der Waals surface area (Å²) in [4.78, 5) is 20.1. The number of likely N-dealkylation sites (N-methyl/N-ethyl adjacent to an activating group) is 1. The average Bonchev–Trinajstić information content (AvgIpc) is 2.51. The Hall–Kier alpha value is -1.46. The number of carbonyl (C=O) groups excluding carboxylic acids is 1. The Balaban J connectivity index is 0.000000956. The molecule has 5 nitrogen and oxygen atoms in total. The van der Waals surface area contributed by atoms with Crippen LogP contribution in [0.3, 0.4) is 0 Å². The van der Waals surface area contributed by atoms with Crippen molar-refractivity contribution < 1.29 is 9.53 Å². The molecule has 1 aromatic heterocycles. The number of methoxy groups -OCH3 is 1. The lowest BCUT2D eigenvalue weighted by Gasteiger charge is -2.32. The molecule has 0 saturated carbocycles. The van der Waals surface area contributed by atoms with Crippen LogP contribution in [0.5, 0.6) is 0 Å². The highest BCUT2D eigenvalue weighted by Crippen LogP contribution is 2.08. The summed E-state index contributed by atoms with van der Waals surface area (Å²) in [6, 6.07) is 3.66. The molecule has 1 fully saturated rings. The van der Waals surface area contributed by atoms with E-state index >= 15 is 0 Å². The highest BCUT2D eigenvalue weighted by atomic mass is 16.5. The van der Waals surface area contributed by atoms with E-state index in [0.717, 1.165) is 38.3 Å². The molecule has 0 amide bonds. The van der Waals surface area contributed by atoms with Gasteiger partial charge in [-0.1, -0.05) is 19.9 Å². The van der Waals surface area contributed by atoms with Crippen LogP contribution in [0.25, 0.3) is 0 Å². The van der Waals surface area contributed by atoms with Crippen molar-refractivity contribution in [2.45, 2.75) is 20.4 Å². The van der Waals surface area contributed by atoms with Crippen LogP contribution in [0.15, 0.2) is 18.3 Å². The predicted molar refractivity (Wildman–Crippen MR) is 79.7 cm³/mol. The predicted octanol–water partition coefficient (Wildman–Crippen LogP) is 1.64. The van der Waals surface area contributed by atoms with E-state index in [2.05, 4.69) is 26.6 Å². The molecule has 0 aromatic carbocycles. The van der Waals surface area contributed by atoms with Gasteiger partial charge in [0.05, 0.1) is 7.11 Å². The second-order valence-electron chi connectivity index (χ2n) is 4.62. The Labute approximate surface area is 121 Å². The topological polar surface area (TPSA) is 45.7 Å². The maximum atomic E-state index is 11.3. The Bertz CT molecular complexity index is 398. The van der Waals surface area contributed by atoms with E-state index in [1.807, 2.05) is 19.9 Å². The van der Waals surface area contributed by atoms with Crippen LogP contribution in [0, 0.1) is 0 Å². The number of aromatic nitrogens is 1. The number of piperazine rings is 1. The number of rotatable bonds is 3. The molecule has 20 heavy (non-hydrogen) atoms. The molecule has 5 heteroatoms. The highest BCUT2D eigenvalue weighted by molar-refractivity contribution is 5.86. The smallest absolute Gasteiger partial charge is 0.356 e. The van der Waals surface area contributed by atoms with Crippen LogP contribution in [-0.4, -0.2) is 61.1 Å². The quantitative estimate of drug-likeness (QED) is 0.787. The van der Waals surface area contributed by atoms with Crippen LogP contribution in [0.2, 0.25) is 0 Å². The summed E-state index contributed by atoms with van der Waals surface area (Å²) in [6.07, 6.45) is 1.75. The zero-order valence-corrected chi connectivity index (χ0v) is 12.9. The Morgan fingerprint density at radius 1 is 1.25 bits per heavy atom. The summed E-state index contributed by atoms with van der Waals surface area (Å²) in [7, 11) is 3.51. The number of esters is 1. The molecule has 0 N–H and O–H groups in total. The normalized spacial score (nSPS) is 16.2. The zero-order valence-electron chi connectivity index (χ0n) is 12.9. The van der Waals surface area contributed by atoms with E-state index in [4.69, 9.17) is 0 Å². The van der Waals surface area contributed by atoms with Crippen LogP contribution >= 0.6 is 0 Å². The molecule has 1 aliphatic rings. The van der Waals surface area contributed by atoms with Crippen LogP contribution in [0.1, 0.15) is 29.9 Å². The molecule has 1 saturated heterocycles. The molecular formula is C15H25N3O2. The minimum Gasteiger partial charge on any atom is -0.464 e. The maximum absolute atomic E-state index is 11.3. The molecule has 1 aliphatic heterocycles. The standard InChI is InChI=1S/C13H19N3O2.C2H6/c1-15-5-7-16(8-6-15)10-11-3-4-12(14-9-11)13(17)18-2;1-2/h3-4,9H,5-8,10H2,1-2H3;1-2H3. The molecule has 0 bridgehead atoms.